The molecule has 0 radical (unpaired) electrons. The zero-order valence-electron chi connectivity index (χ0n) is 16.8. The molecule has 1 saturated heterocycles. The maximum Gasteiger partial charge on any atom is 0.276 e. The van der Waals surface area contributed by atoms with Gasteiger partial charge >= 0.3 is 0 Å². The number of amides is 3. The molecule has 0 spiro atoms. The van der Waals surface area contributed by atoms with Crippen LogP contribution in [0.15, 0.2) is 42.5 Å². The predicted octanol–water partition coefficient (Wildman–Crippen LogP) is 2.19. The first-order chi connectivity index (χ1) is 13.8. The van der Waals surface area contributed by atoms with Crippen molar-refractivity contribution in [3.63, 3.8) is 0 Å². The summed E-state index contributed by atoms with van der Waals surface area (Å²) < 4.78 is 5.44. The molecule has 2 aromatic carbocycles. The smallest absolute Gasteiger partial charge is 0.276 e. The van der Waals surface area contributed by atoms with Gasteiger partial charge in [0.05, 0.1) is 5.92 Å². The number of hydrazine groups is 1. The molecule has 1 aliphatic rings. The minimum absolute atomic E-state index is 0.106. The summed E-state index contributed by atoms with van der Waals surface area (Å²) in [4.78, 5) is 38.1. The first kappa shape index (κ1) is 20.4. The van der Waals surface area contributed by atoms with Crippen LogP contribution in [-0.4, -0.2) is 30.9 Å². The molecular weight excluding hydrogens is 370 g/mol. The summed E-state index contributed by atoms with van der Waals surface area (Å²) in [6.45, 7) is 5.99. The fraction of sp³-hybridized carbons (Fsp3) is 0.318. The molecule has 1 aliphatic heterocycles. The second kappa shape index (κ2) is 8.77. The Balaban J connectivity index is 1.46. The van der Waals surface area contributed by atoms with Gasteiger partial charge in [-0.05, 0) is 56.2 Å². The highest BCUT2D eigenvalue weighted by Gasteiger charge is 2.35. The van der Waals surface area contributed by atoms with Gasteiger partial charge in [0.15, 0.2) is 6.61 Å². The SMILES string of the molecule is Cc1ccc(N2CC(C(=O)NNC(=O)COc3ccc(C)c(C)c3)CC2=O)cc1. The number of carbonyl (C=O) groups is 3. The Morgan fingerprint density at radius 2 is 1.76 bits per heavy atom. The van der Waals surface area contributed by atoms with Crippen molar-refractivity contribution < 1.29 is 19.1 Å². The van der Waals surface area contributed by atoms with Crippen LogP contribution in [0, 0.1) is 26.7 Å². The third-order valence-electron chi connectivity index (χ3n) is 5.01. The quantitative estimate of drug-likeness (QED) is 0.760. The lowest BCUT2D eigenvalue weighted by Gasteiger charge is -2.17. The summed E-state index contributed by atoms with van der Waals surface area (Å²) in [7, 11) is 0. The van der Waals surface area contributed by atoms with Crippen LogP contribution in [0.3, 0.4) is 0 Å². The summed E-state index contributed by atoms with van der Waals surface area (Å²) in [6.07, 6.45) is 0.106. The number of benzene rings is 2. The number of carbonyl (C=O) groups excluding carboxylic acids is 3. The minimum Gasteiger partial charge on any atom is -0.484 e. The third kappa shape index (κ3) is 5.13. The molecule has 152 valence electrons. The molecule has 0 aromatic heterocycles. The van der Waals surface area contributed by atoms with Gasteiger partial charge in [0, 0.05) is 18.7 Å². The molecule has 1 fully saturated rings. The van der Waals surface area contributed by atoms with Crippen LogP contribution in [0.2, 0.25) is 0 Å². The van der Waals surface area contributed by atoms with E-state index in [4.69, 9.17) is 4.74 Å². The Hall–Kier alpha value is -3.35. The highest BCUT2D eigenvalue weighted by atomic mass is 16.5. The van der Waals surface area contributed by atoms with Gasteiger partial charge < -0.3 is 9.64 Å². The molecule has 7 nitrogen and oxygen atoms in total. The third-order valence-corrected chi connectivity index (χ3v) is 5.01. The number of ether oxygens (including phenoxy) is 1. The van der Waals surface area contributed by atoms with Crippen molar-refractivity contribution in [2.24, 2.45) is 5.92 Å². The van der Waals surface area contributed by atoms with E-state index in [-0.39, 0.29) is 25.5 Å². The van der Waals surface area contributed by atoms with Crippen molar-refractivity contribution in [2.45, 2.75) is 27.2 Å². The van der Waals surface area contributed by atoms with Crippen molar-refractivity contribution in [1.29, 1.82) is 0 Å². The van der Waals surface area contributed by atoms with E-state index < -0.39 is 17.7 Å². The number of anilines is 1. The second-order valence-electron chi connectivity index (χ2n) is 7.31. The van der Waals surface area contributed by atoms with Gasteiger partial charge in [-0.25, -0.2) is 0 Å². The molecule has 0 bridgehead atoms. The fourth-order valence-corrected chi connectivity index (χ4v) is 3.08. The molecule has 2 aromatic rings. The summed E-state index contributed by atoms with van der Waals surface area (Å²) in [5.41, 5.74) is 8.80. The molecule has 3 rings (SSSR count). The van der Waals surface area contributed by atoms with Gasteiger partial charge in [-0.3, -0.25) is 25.2 Å². The van der Waals surface area contributed by atoms with E-state index in [0.717, 1.165) is 22.4 Å². The maximum atomic E-state index is 12.3. The molecule has 7 heteroatoms. The van der Waals surface area contributed by atoms with Gasteiger partial charge in [0.25, 0.3) is 5.91 Å². The Labute approximate surface area is 170 Å². The molecule has 1 heterocycles. The molecule has 1 unspecified atom stereocenters. The van der Waals surface area contributed by atoms with Crippen LogP contribution in [0.25, 0.3) is 0 Å². The van der Waals surface area contributed by atoms with Gasteiger partial charge in [0.1, 0.15) is 5.75 Å². The summed E-state index contributed by atoms with van der Waals surface area (Å²) in [5.74, 6) is -0.920. The molecular formula is C22H25N3O4. The van der Waals surface area contributed by atoms with Gasteiger partial charge in [-0.15, -0.1) is 0 Å². The van der Waals surface area contributed by atoms with Gasteiger partial charge in [0.2, 0.25) is 11.8 Å². The molecule has 29 heavy (non-hydrogen) atoms. The molecule has 1 atom stereocenters. The van der Waals surface area contributed by atoms with Crippen molar-refractivity contribution in [2.75, 3.05) is 18.1 Å². The molecule has 0 aliphatic carbocycles. The highest BCUT2D eigenvalue weighted by molar-refractivity contribution is 6.00. The largest absolute Gasteiger partial charge is 0.484 e. The Bertz CT molecular complexity index is 924. The lowest BCUT2D eigenvalue weighted by molar-refractivity contribution is -0.132. The van der Waals surface area contributed by atoms with E-state index in [1.54, 1.807) is 11.0 Å². The van der Waals surface area contributed by atoms with E-state index in [2.05, 4.69) is 10.9 Å². The van der Waals surface area contributed by atoms with Crippen molar-refractivity contribution in [3.8, 4) is 5.75 Å². The average Bonchev–Trinajstić information content (AvgIpc) is 3.09. The molecule has 3 amide bonds. The lowest BCUT2D eigenvalue weighted by atomic mass is 10.1. The summed E-state index contributed by atoms with van der Waals surface area (Å²) >= 11 is 0. The number of rotatable bonds is 5. The number of nitrogens with one attached hydrogen (secondary N) is 2. The Kier molecular flexibility index (Phi) is 6.16. The highest BCUT2D eigenvalue weighted by Crippen LogP contribution is 2.25. The topological polar surface area (TPSA) is 87.7 Å². The molecule has 0 saturated carbocycles. The van der Waals surface area contributed by atoms with E-state index >= 15 is 0 Å². The van der Waals surface area contributed by atoms with Crippen molar-refractivity contribution in [3.05, 3.63) is 59.2 Å². The number of aryl methyl sites for hydroxylation is 3. The van der Waals surface area contributed by atoms with E-state index in [1.807, 2.05) is 57.2 Å². The number of hydrogen-bond donors (Lipinski definition) is 2. The van der Waals surface area contributed by atoms with Crippen molar-refractivity contribution >= 4 is 23.4 Å². The number of nitrogens with zero attached hydrogens (tertiary/aromatic N) is 1. The van der Waals surface area contributed by atoms with E-state index in [9.17, 15) is 14.4 Å². The van der Waals surface area contributed by atoms with Gasteiger partial charge in [-0.2, -0.15) is 0 Å². The summed E-state index contributed by atoms with van der Waals surface area (Å²) in [5, 5.41) is 0. The zero-order chi connectivity index (χ0) is 21.0. The monoisotopic (exact) mass is 395 g/mol. The average molecular weight is 395 g/mol. The first-order valence-corrected chi connectivity index (χ1v) is 9.49. The van der Waals surface area contributed by atoms with Crippen LogP contribution in [0.1, 0.15) is 23.1 Å². The summed E-state index contributed by atoms with van der Waals surface area (Å²) in [6, 6.07) is 13.1. The first-order valence-electron chi connectivity index (χ1n) is 9.49. The minimum atomic E-state index is -0.523. The normalized spacial score (nSPS) is 15.9. The standard InChI is InChI=1S/C22H25N3O4/c1-14-4-7-18(8-5-14)25-12-17(11-21(25)27)22(28)24-23-20(26)13-29-19-9-6-15(2)16(3)10-19/h4-10,17H,11-13H2,1-3H3,(H,23,26)(H,24,28). The number of hydrogen-bond acceptors (Lipinski definition) is 4. The van der Waals surface area contributed by atoms with Crippen LogP contribution < -0.4 is 20.5 Å². The zero-order valence-corrected chi connectivity index (χ0v) is 16.8. The van der Waals surface area contributed by atoms with Crippen LogP contribution in [0.5, 0.6) is 5.75 Å². The van der Waals surface area contributed by atoms with E-state index in [0.29, 0.717) is 5.75 Å². The van der Waals surface area contributed by atoms with Crippen molar-refractivity contribution in [1.82, 2.24) is 10.9 Å². The Morgan fingerprint density at radius 1 is 1.03 bits per heavy atom. The lowest BCUT2D eigenvalue weighted by Crippen LogP contribution is -2.46. The van der Waals surface area contributed by atoms with Crippen LogP contribution >= 0.6 is 0 Å². The van der Waals surface area contributed by atoms with Crippen LogP contribution in [0.4, 0.5) is 5.69 Å². The van der Waals surface area contributed by atoms with E-state index in [1.165, 1.54) is 0 Å². The maximum absolute atomic E-state index is 12.3. The fourth-order valence-electron chi connectivity index (χ4n) is 3.08. The van der Waals surface area contributed by atoms with Crippen LogP contribution in [-0.2, 0) is 14.4 Å². The van der Waals surface area contributed by atoms with Gasteiger partial charge in [-0.1, -0.05) is 23.8 Å². The second-order valence-corrected chi connectivity index (χ2v) is 7.31. The Morgan fingerprint density at radius 3 is 2.45 bits per heavy atom. The predicted molar refractivity (Wildman–Crippen MR) is 109 cm³/mol. The molecule has 2 N–H and O–H groups in total.